The van der Waals surface area contributed by atoms with E-state index < -0.39 is 23.3 Å². The molecule has 0 spiro atoms. The average molecular weight is 272 g/mol. The van der Waals surface area contributed by atoms with Gasteiger partial charge in [0, 0.05) is 0 Å². The van der Waals surface area contributed by atoms with Crippen LogP contribution in [0.15, 0.2) is 24.3 Å². The number of hydrogen-bond donors (Lipinski definition) is 2. The topological polar surface area (TPSA) is 55.1 Å². The first-order valence-corrected chi connectivity index (χ1v) is 6.09. The summed E-state index contributed by atoms with van der Waals surface area (Å²) in [5.74, 6) is 0. The summed E-state index contributed by atoms with van der Waals surface area (Å²) in [5, 5.41) is 2.69. The SMILES string of the molecule is NC(=O)NC1(c2ccc(C(F)(F)F)cc2)CCCC1. The molecule has 0 heterocycles. The van der Waals surface area contributed by atoms with E-state index in [0.29, 0.717) is 18.4 Å². The quantitative estimate of drug-likeness (QED) is 0.853. The summed E-state index contributed by atoms with van der Waals surface area (Å²) in [7, 11) is 0. The molecule has 1 aliphatic rings. The molecule has 1 saturated carbocycles. The first kappa shape index (κ1) is 13.7. The van der Waals surface area contributed by atoms with Crippen LogP contribution >= 0.6 is 0 Å². The number of benzene rings is 1. The number of alkyl halides is 3. The fourth-order valence-corrected chi connectivity index (χ4v) is 2.68. The number of carbonyl (C=O) groups excluding carboxylic acids is 1. The zero-order chi connectivity index (χ0) is 14.1. The molecule has 0 aromatic heterocycles. The maximum absolute atomic E-state index is 12.5. The Morgan fingerprint density at radius 1 is 1.16 bits per heavy atom. The summed E-state index contributed by atoms with van der Waals surface area (Å²) in [4.78, 5) is 11.1. The van der Waals surface area contributed by atoms with Crippen molar-refractivity contribution in [3.05, 3.63) is 35.4 Å². The van der Waals surface area contributed by atoms with Crippen LogP contribution in [0.2, 0.25) is 0 Å². The number of urea groups is 1. The van der Waals surface area contributed by atoms with Gasteiger partial charge in [0.25, 0.3) is 0 Å². The molecule has 3 N–H and O–H groups in total. The Morgan fingerprint density at radius 2 is 1.68 bits per heavy atom. The number of primary amides is 1. The summed E-state index contributed by atoms with van der Waals surface area (Å²) in [5.41, 5.74) is 4.54. The lowest BCUT2D eigenvalue weighted by Crippen LogP contribution is -2.46. The van der Waals surface area contributed by atoms with Gasteiger partial charge >= 0.3 is 12.2 Å². The first-order valence-electron chi connectivity index (χ1n) is 6.09. The monoisotopic (exact) mass is 272 g/mol. The Labute approximate surface area is 109 Å². The molecular formula is C13H15F3N2O. The van der Waals surface area contributed by atoms with Gasteiger partial charge in [-0.1, -0.05) is 25.0 Å². The third-order valence-electron chi connectivity index (χ3n) is 3.58. The molecule has 0 unspecified atom stereocenters. The van der Waals surface area contributed by atoms with E-state index in [-0.39, 0.29) is 0 Å². The smallest absolute Gasteiger partial charge is 0.352 e. The average Bonchev–Trinajstić information content (AvgIpc) is 2.77. The van der Waals surface area contributed by atoms with Crippen molar-refractivity contribution in [2.24, 2.45) is 5.73 Å². The van der Waals surface area contributed by atoms with Crippen LogP contribution < -0.4 is 11.1 Å². The second kappa shape index (κ2) is 4.75. The number of rotatable bonds is 2. The highest BCUT2D eigenvalue weighted by molar-refractivity contribution is 5.73. The molecule has 0 bridgehead atoms. The van der Waals surface area contributed by atoms with E-state index in [9.17, 15) is 18.0 Å². The van der Waals surface area contributed by atoms with Crippen LogP contribution in [0.1, 0.15) is 36.8 Å². The predicted molar refractivity (Wildman–Crippen MR) is 64.3 cm³/mol. The molecule has 1 fully saturated rings. The first-order chi connectivity index (χ1) is 8.83. The van der Waals surface area contributed by atoms with Crippen LogP contribution in [0, 0.1) is 0 Å². The number of halogens is 3. The summed E-state index contributed by atoms with van der Waals surface area (Å²) in [6, 6.07) is 4.27. The number of nitrogens with one attached hydrogen (secondary N) is 1. The predicted octanol–water partition coefficient (Wildman–Crippen LogP) is 3.14. The summed E-state index contributed by atoms with van der Waals surface area (Å²) in [6.45, 7) is 0. The van der Waals surface area contributed by atoms with Crippen molar-refractivity contribution in [3.63, 3.8) is 0 Å². The van der Waals surface area contributed by atoms with Crippen molar-refractivity contribution in [1.29, 1.82) is 0 Å². The lowest BCUT2D eigenvalue weighted by Gasteiger charge is -2.30. The minimum absolute atomic E-state index is 0.615. The largest absolute Gasteiger partial charge is 0.416 e. The maximum Gasteiger partial charge on any atom is 0.416 e. The molecule has 2 amide bonds. The van der Waals surface area contributed by atoms with E-state index in [1.165, 1.54) is 12.1 Å². The Kier molecular flexibility index (Phi) is 3.43. The van der Waals surface area contributed by atoms with Gasteiger partial charge in [-0.05, 0) is 30.5 Å². The third kappa shape index (κ3) is 2.83. The lowest BCUT2D eigenvalue weighted by atomic mass is 9.87. The van der Waals surface area contributed by atoms with Gasteiger partial charge in [-0.25, -0.2) is 4.79 Å². The standard InChI is InChI=1S/C13H15F3N2O/c14-13(15,16)10-5-3-9(4-6-10)12(18-11(17)19)7-1-2-8-12/h3-6H,1-2,7-8H2,(H3,17,18,19). The molecule has 0 atom stereocenters. The minimum atomic E-state index is -4.35. The van der Waals surface area contributed by atoms with Gasteiger partial charge in [-0.15, -0.1) is 0 Å². The molecule has 19 heavy (non-hydrogen) atoms. The normalized spacial score (nSPS) is 18.3. The van der Waals surface area contributed by atoms with Crippen LogP contribution in [-0.2, 0) is 11.7 Å². The van der Waals surface area contributed by atoms with Gasteiger partial charge in [0.05, 0.1) is 11.1 Å². The van der Waals surface area contributed by atoms with Crippen LogP contribution in [0.4, 0.5) is 18.0 Å². The van der Waals surface area contributed by atoms with E-state index in [4.69, 9.17) is 5.73 Å². The lowest BCUT2D eigenvalue weighted by molar-refractivity contribution is -0.137. The van der Waals surface area contributed by atoms with Gasteiger partial charge in [-0.3, -0.25) is 0 Å². The number of carbonyl (C=O) groups is 1. The second-order valence-corrected chi connectivity index (χ2v) is 4.85. The zero-order valence-electron chi connectivity index (χ0n) is 10.3. The maximum atomic E-state index is 12.5. The molecule has 2 rings (SSSR count). The molecule has 1 aromatic carbocycles. The third-order valence-corrected chi connectivity index (χ3v) is 3.58. The van der Waals surface area contributed by atoms with E-state index in [1.54, 1.807) is 0 Å². The number of hydrogen-bond acceptors (Lipinski definition) is 1. The van der Waals surface area contributed by atoms with E-state index in [0.717, 1.165) is 25.0 Å². The van der Waals surface area contributed by atoms with Crippen molar-refractivity contribution in [2.75, 3.05) is 0 Å². The van der Waals surface area contributed by atoms with Gasteiger partial charge in [0.1, 0.15) is 0 Å². The Morgan fingerprint density at radius 3 is 2.11 bits per heavy atom. The molecule has 0 radical (unpaired) electrons. The van der Waals surface area contributed by atoms with Crippen molar-refractivity contribution in [1.82, 2.24) is 5.32 Å². The van der Waals surface area contributed by atoms with Crippen molar-refractivity contribution >= 4 is 6.03 Å². The summed E-state index contributed by atoms with van der Waals surface area (Å²) < 4.78 is 37.5. The molecule has 104 valence electrons. The molecule has 1 aliphatic carbocycles. The molecule has 6 heteroatoms. The zero-order valence-corrected chi connectivity index (χ0v) is 10.3. The Bertz CT molecular complexity index is 462. The van der Waals surface area contributed by atoms with Crippen molar-refractivity contribution in [3.8, 4) is 0 Å². The fourth-order valence-electron chi connectivity index (χ4n) is 2.68. The molecular weight excluding hydrogens is 257 g/mol. The number of amides is 2. The van der Waals surface area contributed by atoms with Gasteiger partial charge in [0.2, 0.25) is 0 Å². The second-order valence-electron chi connectivity index (χ2n) is 4.85. The van der Waals surface area contributed by atoms with Crippen molar-refractivity contribution < 1.29 is 18.0 Å². The summed E-state index contributed by atoms with van der Waals surface area (Å²) >= 11 is 0. The van der Waals surface area contributed by atoms with Gasteiger partial charge in [-0.2, -0.15) is 13.2 Å². The Hall–Kier alpha value is -1.72. The van der Waals surface area contributed by atoms with Crippen LogP contribution in [0.25, 0.3) is 0 Å². The summed E-state index contributed by atoms with van der Waals surface area (Å²) in [6.07, 6.45) is -1.12. The fraction of sp³-hybridized carbons (Fsp3) is 0.462. The molecule has 3 nitrogen and oxygen atoms in total. The van der Waals surface area contributed by atoms with E-state index >= 15 is 0 Å². The highest BCUT2D eigenvalue weighted by Gasteiger charge is 2.37. The van der Waals surface area contributed by atoms with E-state index in [1.807, 2.05) is 0 Å². The molecule has 0 saturated heterocycles. The van der Waals surface area contributed by atoms with E-state index in [2.05, 4.69) is 5.32 Å². The molecule has 0 aliphatic heterocycles. The highest BCUT2D eigenvalue weighted by Crippen LogP contribution is 2.39. The molecule has 1 aromatic rings. The van der Waals surface area contributed by atoms with Crippen LogP contribution in [0.3, 0.4) is 0 Å². The Balaban J connectivity index is 2.31. The van der Waals surface area contributed by atoms with Crippen molar-refractivity contribution in [2.45, 2.75) is 37.4 Å². The number of nitrogens with two attached hydrogens (primary N) is 1. The van der Waals surface area contributed by atoms with Crippen LogP contribution in [0.5, 0.6) is 0 Å². The van der Waals surface area contributed by atoms with Gasteiger partial charge < -0.3 is 11.1 Å². The highest BCUT2D eigenvalue weighted by atomic mass is 19.4. The minimum Gasteiger partial charge on any atom is -0.352 e. The van der Waals surface area contributed by atoms with Crippen LogP contribution in [-0.4, -0.2) is 6.03 Å². The van der Waals surface area contributed by atoms with Gasteiger partial charge in [0.15, 0.2) is 0 Å².